The van der Waals surface area contributed by atoms with E-state index in [0.717, 1.165) is 17.7 Å². The molecule has 1 aromatic heterocycles. The molecular formula is C27H25N3O4. The molecule has 172 valence electrons. The van der Waals surface area contributed by atoms with E-state index in [1.807, 2.05) is 54.6 Å². The Morgan fingerprint density at radius 1 is 0.941 bits per heavy atom. The second kappa shape index (κ2) is 11.2. The van der Waals surface area contributed by atoms with Crippen molar-refractivity contribution in [2.75, 3.05) is 0 Å². The lowest BCUT2D eigenvalue weighted by Gasteiger charge is -2.26. The molecule has 0 radical (unpaired) electrons. The van der Waals surface area contributed by atoms with Crippen molar-refractivity contribution >= 4 is 12.3 Å². The number of nitrogens with one attached hydrogen (secondary N) is 1. The van der Waals surface area contributed by atoms with Crippen molar-refractivity contribution in [2.24, 2.45) is 0 Å². The fourth-order valence-corrected chi connectivity index (χ4v) is 3.62. The minimum absolute atomic E-state index is 0.00902. The third kappa shape index (κ3) is 5.63. The van der Waals surface area contributed by atoms with Gasteiger partial charge in [0.1, 0.15) is 0 Å². The summed E-state index contributed by atoms with van der Waals surface area (Å²) in [7, 11) is 0. The Morgan fingerprint density at radius 3 is 2.18 bits per heavy atom. The minimum atomic E-state index is -0.250. The van der Waals surface area contributed by atoms with E-state index in [-0.39, 0.29) is 12.3 Å². The molecule has 0 atom stereocenters. The lowest BCUT2D eigenvalue weighted by molar-refractivity contribution is -0.122. The summed E-state index contributed by atoms with van der Waals surface area (Å²) in [5, 5.41) is 14.6. The van der Waals surface area contributed by atoms with Crippen LogP contribution < -0.4 is 5.32 Å². The number of benzene rings is 3. The van der Waals surface area contributed by atoms with Gasteiger partial charge in [-0.25, -0.2) is 0 Å². The SMILES string of the molecule is O=C(c1ccccc1)c1ccc(-c2nc(-c3ccc(CNC4CCC4)cc3)no2)cc1.O=CO. The van der Waals surface area contributed by atoms with Gasteiger partial charge in [0.2, 0.25) is 5.82 Å². The Bertz CT molecular complexity index is 1210. The molecule has 1 heterocycles. The van der Waals surface area contributed by atoms with Crippen LogP contribution >= 0.6 is 0 Å². The van der Waals surface area contributed by atoms with Gasteiger partial charge in [-0.2, -0.15) is 4.98 Å². The largest absolute Gasteiger partial charge is 0.483 e. The Hall–Kier alpha value is -4.10. The summed E-state index contributed by atoms with van der Waals surface area (Å²) in [5.41, 5.74) is 4.24. The molecule has 5 rings (SSSR count). The Kier molecular flexibility index (Phi) is 7.57. The summed E-state index contributed by atoms with van der Waals surface area (Å²) < 4.78 is 5.46. The van der Waals surface area contributed by atoms with Gasteiger partial charge in [-0.05, 0) is 30.5 Å². The standard InChI is InChI=1S/C26H23N3O2.CH2O2/c30-24(19-5-2-1-3-6-19)20-13-15-22(16-14-20)26-28-25(29-31-26)21-11-9-18(10-12-21)17-27-23-7-4-8-23;2-1-3/h1-3,5-6,9-16,23,27H,4,7-8,17H2;1H,(H,2,3). The zero-order valence-corrected chi connectivity index (χ0v) is 18.6. The molecule has 7 nitrogen and oxygen atoms in total. The highest BCUT2D eigenvalue weighted by atomic mass is 16.5. The molecule has 0 saturated heterocycles. The zero-order valence-electron chi connectivity index (χ0n) is 18.6. The average molecular weight is 456 g/mol. The number of ketones is 1. The number of hydrogen-bond donors (Lipinski definition) is 2. The molecule has 1 aliphatic carbocycles. The van der Waals surface area contributed by atoms with Crippen molar-refractivity contribution in [3.8, 4) is 22.8 Å². The lowest BCUT2D eigenvalue weighted by atomic mass is 9.93. The highest BCUT2D eigenvalue weighted by Crippen LogP contribution is 2.24. The van der Waals surface area contributed by atoms with Crippen molar-refractivity contribution in [3.05, 3.63) is 95.6 Å². The van der Waals surface area contributed by atoms with E-state index >= 15 is 0 Å². The first-order valence-corrected chi connectivity index (χ1v) is 11.1. The highest BCUT2D eigenvalue weighted by molar-refractivity contribution is 6.09. The number of nitrogens with zero attached hydrogens (tertiary/aromatic N) is 2. The van der Waals surface area contributed by atoms with Gasteiger partial charge in [0.05, 0.1) is 0 Å². The van der Waals surface area contributed by atoms with Gasteiger partial charge in [0.15, 0.2) is 5.78 Å². The summed E-state index contributed by atoms with van der Waals surface area (Å²) in [6.45, 7) is 0.635. The summed E-state index contributed by atoms with van der Waals surface area (Å²) in [6.07, 6.45) is 3.90. The van der Waals surface area contributed by atoms with Crippen LogP contribution in [0.15, 0.2) is 83.4 Å². The van der Waals surface area contributed by atoms with E-state index in [0.29, 0.717) is 28.9 Å². The molecular weight excluding hydrogens is 430 g/mol. The molecule has 0 spiro atoms. The highest BCUT2D eigenvalue weighted by Gasteiger charge is 2.16. The van der Waals surface area contributed by atoms with Gasteiger partial charge in [0, 0.05) is 34.8 Å². The van der Waals surface area contributed by atoms with Crippen LogP contribution in [0.3, 0.4) is 0 Å². The molecule has 4 aromatic rings. The molecule has 0 bridgehead atoms. The molecule has 34 heavy (non-hydrogen) atoms. The van der Waals surface area contributed by atoms with E-state index in [1.165, 1.54) is 24.8 Å². The number of carbonyl (C=O) groups is 2. The fourth-order valence-electron chi connectivity index (χ4n) is 3.62. The fraction of sp³-hybridized carbons (Fsp3) is 0.185. The third-order valence-electron chi connectivity index (χ3n) is 5.77. The van der Waals surface area contributed by atoms with Crippen LogP contribution in [-0.4, -0.2) is 33.5 Å². The molecule has 1 fully saturated rings. The van der Waals surface area contributed by atoms with Crippen molar-refractivity contribution in [1.29, 1.82) is 0 Å². The van der Waals surface area contributed by atoms with E-state index in [9.17, 15) is 4.79 Å². The monoisotopic (exact) mass is 455 g/mol. The Morgan fingerprint density at radius 2 is 1.56 bits per heavy atom. The van der Waals surface area contributed by atoms with Gasteiger partial charge in [0.25, 0.3) is 12.4 Å². The van der Waals surface area contributed by atoms with Gasteiger partial charge >= 0.3 is 0 Å². The molecule has 1 aliphatic rings. The zero-order chi connectivity index (χ0) is 23.8. The summed E-state index contributed by atoms with van der Waals surface area (Å²) in [5.74, 6) is 0.979. The predicted molar refractivity (Wildman–Crippen MR) is 128 cm³/mol. The molecule has 0 unspecified atom stereocenters. The van der Waals surface area contributed by atoms with Crippen LogP contribution in [0.25, 0.3) is 22.8 Å². The average Bonchev–Trinajstić information content (AvgIpc) is 3.35. The van der Waals surface area contributed by atoms with Gasteiger partial charge in [-0.3, -0.25) is 9.59 Å². The summed E-state index contributed by atoms with van der Waals surface area (Å²) in [6, 6.07) is 25.4. The van der Waals surface area contributed by atoms with Gasteiger partial charge in [-0.15, -0.1) is 0 Å². The van der Waals surface area contributed by atoms with Crippen molar-refractivity contribution in [1.82, 2.24) is 15.5 Å². The first-order valence-electron chi connectivity index (χ1n) is 11.1. The maximum absolute atomic E-state index is 12.6. The van der Waals surface area contributed by atoms with Crippen molar-refractivity contribution in [3.63, 3.8) is 0 Å². The Balaban J connectivity index is 0.000000868. The first-order chi connectivity index (χ1) is 16.7. The molecule has 2 N–H and O–H groups in total. The maximum atomic E-state index is 12.6. The van der Waals surface area contributed by atoms with E-state index in [2.05, 4.69) is 27.6 Å². The van der Waals surface area contributed by atoms with Gasteiger partial charge < -0.3 is 14.9 Å². The second-order valence-electron chi connectivity index (χ2n) is 8.01. The molecule has 1 saturated carbocycles. The Labute approximate surface area is 197 Å². The number of rotatable bonds is 7. The minimum Gasteiger partial charge on any atom is -0.483 e. The normalized spacial score (nSPS) is 12.8. The second-order valence-corrected chi connectivity index (χ2v) is 8.01. The van der Waals surface area contributed by atoms with Crippen LogP contribution in [0, 0.1) is 0 Å². The van der Waals surface area contributed by atoms with Crippen LogP contribution in [0.5, 0.6) is 0 Å². The van der Waals surface area contributed by atoms with Crippen molar-refractivity contribution < 1.29 is 19.2 Å². The van der Waals surface area contributed by atoms with Gasteiger partial charge in [-0.1, -0.05) is 78.3 Å². The predicted octanol–water partition coefficient (Wildman–Crippen LogP) is 4.98. The maximum Gasteiger partial charge on any atom is 0.290 e. The topological polar surface area (TPSA) is 105 Å². The molecule has 0 amide bonds. The number of carboxylic acid groups (broad SMARTS) is 1. The number of hydrogen-bond acceptors (Lipinski definition) is 6. The lowest BCUT2D eigenvalue weighted by Crippen LogP contribution is -2.34. The van der Waals surface area contributed by atoms with Crippen LogP contribution in [-0.2, 0) is 11.3 Å². The summed E-state index contributed by atoms with van der Waals surface area (Å²) in [4.78, 5) is 25.5. The molecule has 3 aromatic carbocycles. The quantitative estimate of drug-likeness (QED) is 0.299. The van der Waals surface area contributed by atoms with Crippen LogP contribution in [0.2, 0.25) is 0 Å². The van der Waals surface area contributed by atoms with Crippen LogP contribution in [0.1, 0.15) is 40.7 Å². The molecule has 7 heteroatoms. The number of aromatic nitrogens is 2. The summed E-state index contributed by atoms with van der Waals surface area (Å²) >= 11 is 0. The number of carbonyl (C=O) groups excluding carboxylic acids is 1. The van der Waals surface area contributed by atoms with E-state index in [1.54, 1.807) is 12.1 Å². The van der Waals surface area contributed by atoms with Crippen LogP contribution in [0.4, 0.5) is 0 Å². The molecule has 0 aliphatic heterocycles. The van der Waals surface area contributed by atoms with E-state index in [4.69, 9.17) is 14.4 Å². The first kappa shape index (κ1) is 23.1. The smallest absolute Gasteiger partial charge is 0.290 e. The van der Waals surface area contributed by atoms with E-state index < -0.39 is 0 Å². The van der Waals surface area contributed by atoms with Crippen molar-refractivity contribution in [2.45, 2.75) is 31.8 Å². The third-order valence-corrected chi connectivity index (χ3v) is 5.77.